The standard InChI is InChI=1S/C14H28O2.C10H23NO3S2Si/c1-2-3-4-5-6-7-8-9-10-11-12-13-14(15)16;1-4-12-17(13-5-2,14-6-3)9-7-8-16-10(11)15/h2-13H2,1H3,(H,15,16);4-9H2,1-3H3,(H2,11,15). The first-order valence-corrected chi connectivity index (χ1v) is 16.3. The highest BCUT2D eigenvalue weighted by molar-refractivity contribution is 8.22. The van der Waals surface area contributed by atoms with E-state index in [1.807, 2.05) is 20.8 Å². The van der Waals surface area contributed by atoms with Crippen molar-refractivity contribution in [3.8, 4) is 0 Å². The Labute approximate surface area is 214 Å². The first-order valence-electron chi connectivity index (χ1n) is 12.9. The molecule has 0 aliphatic carbocycles. The minimum absolute atomic E-state index is 0.344. The van der Waals surface area contributed by atoms with Gasteiger partial charge in [-0.3, -0.25) is 4.79 Å². The number of aliphatic carboxylic acids is 1. The van der Waals surface area contributed by atoms with E-state index in [2.05, 4.69) is 6.92 Å². The normalized spacial score (nSPS) is 11.2. The van der Waals surface area contributed by atoms with Crippen LogP contribution in [0.3, 0.4) is 0 Å². The van der Waals surface area contributed by atoms with E-state index in [0.717, 1.165) is 31.1 Å². The van der Waals surface area contributed by atoms with Crippen LogP contribution in [-0.2, 0) is 18.1 Å². The molecule has 198 valence electrons. The van der Waals surface area contributed by atoms with Crippen LogP contribution in [0.1, 0.15) is 111 Å². The molecule has 0 aliphatic rings. The minimum atomic E-state index is -2.46. The molecule has 0 aromatic heterocycles. The van der Waals surface area contributed by atoms with Gasteiger partial charge in [-0.15, -0.1) is 0 Å². The Morgan fingerprint density at radius 1 is 0.788 bits per heavy atom. The molecule has 0 bridgehead atoms. The molecule has 0 atom stereocenters. The van der Waals surface area contributed by atoms with E-state index >= 15 is 0 Å². The van der Waals surface area contributed by atoms with E-state index in [9.17, 15) is 4.79 Å². The van der Waals surface area contributed by atoms with E-state index in [1.54, 1.807) is 0 Å². The van der Waals surface area contributed by atoms with Crippen molar-refractivity contribution in [2.24, 2.45) is 5.73 Å². The molecule has 0 radical (unpaired) electrons. The second-order valence-electron chi connectivity index (χ2n) is 7.93. The number of carboxylic acids is 1. The predicted molar refractivity (Wildman–Crippen MR) is 148 cm³/mol. The van der Waals surface area contributed by atoms with Crippen LogP contribution in [0.5, 0.6) is 0 Å². The fraction of sp³-hybridized carbons (Fsp3) is 0.917. The number of rotatable bonds is 22. The summed E-state index contributed by atoms with van der Waals surface area (Å²) in [6.45, 7) is 9.99. The topological polar surface area (TPSA) is 91.0 Å². The molecule has 0 unspecified atom stereocenters. The maximum Gasteiger partial charge on any atom is 0.500 e. The highest BCUT2D eigenvalue weighted by atomic mass is 32.2. The Morgan fingerprint density at radius 2 is 1.21 bits per heavy atom. The maximum absolute atomic E-state index is 10.3. The molecule has 0 aliphatic heterocycles. The summed E-state index contributed by atoms with van der Waals surface area (Å²) in [7, 11) is -2.46. The largest absolute Gasteiger partial charge is 0.500 e. The van der Waals surface area contributed by atoms with Crippen molar-refractivity contribution in [1.82, 2.24) is 0 Å². The van der Waals surface area contributed by atoms with E-state index < -0.39 is 14.8 Å². The number of thioether (sulfide) groups is 1. The van der Waals surface area contributed by atoms with Crippen molar-refractivity contribution in [3.05, 3.63) is 0 Å². The van der Waals surface area contributed by atoms with Crippen LogP contribution in [0.2, 0.25) is 6.04 Å². The molecule has 0 fully saturated rings. The molecule has 0 spiro atoms. The summed E-state index contributed by atoms with van der Waals surface area (Å²) in [5.74, 6) is 0.230. The van der Waals surface area contributed by atoms with Crippen molar-refractivity contribution in [2.75, 3.05) is 25.6 Å². The van der Waals surface area contributed by atoms with Crippen molar-refractivity contribution in [2.45, 2.75) is 117 Å². The van der Waals surface area contributed by atoms with Gasteiger partial charge in [0.1, 0.15) is 4.32 Å². The molecule has 0 aromatic carbocycles. The summed E-state index contributed by atoms with van der Waals surface area (Å²) in [6, 6.07) is 0.818. The van der Waals surface area contributed by atoms with Crippen molar-refractivity contribution >= 4 is 43.1 Å². The third kappa shape index (κ3) is 26.3. The zero-order valence-corrected chi connectivity index (χ0v) is 24.3. The highest BCUT2D eigenvalue weighted by Crippen LogP contribution is 2.20. The van der Waals surface area contributed by atoms with Gasteiger partial charge in [-0.2, -0.15) is 0 Å². The first kappa shape index (κ1) is 35.0. The van der Waals surface area contributed by atoms with E-state index in [-0.39, 0.29) is 0 Å². The van der Waals surface area contributed by atoms with Crippen LogP contribution in [0.15, 0.2) is 0 Å². The van der Waals surface area contributed by atoms with Crippen LogP contribution >= 0.6 is 24.0 Å². The number of unbranched alkanes of at least 4 members (excludes halogenated alkanes) is 10. The lowest BCUT2D eigenvalue weighted by Gasteiger charge is -2.28. The van der Waals surface area contributed by atoms with E-state index in [0.29, 0.717) is 30.6 Å². The van der Waals surface area contributed by atoms with E-state index in [1.165, 1.54) is 69.5 Å². The maximum atomic E-state index is 10.3. The van der Waals surface area contributed by atoms with Crippen molar-refractivity contribution in [3.63, 3.8) is 0 Å². The molecular formula is C24H51NO5S2Si. The van der Waals surface area contributed by atoms with E-state index in [4.69, 9.17) is 36.3 Å². The Hall–Kier alpha value is -0.193. The Balaban J connectivity index is 0. The number of carboxylic acid groups (broad SMARTS) is 1. The van der Waals surface area contributed by atoms with Crippen LogP contribution in [0, 0.1) is 0 Å². The molecule has 0 saturated heterocycles. The average molecular weight is 526 g/mol. The van der Waals surface area contributed by atoms with Gasteiger partial charge in [0.2, 0.25) is 0 Å². The molecule has 0 heterocycles. The summed E-state index contributed by atoms with van der Waals surface area (Å²) in [5.41, 5.74) is 5.43. The van der Waals surface area contributed by atoms with Gasteiger partial charge in [0.05, 0.1) is 0 Å². The second kappa shape index (κ2) is 26.4. The van der Waals surface area contributed by atoms with Gasteiger partial charge in [-0.25, -0.2) is 0 Å². The van der Waals surface area contributed by atoms with Gasteiger partial charge in [-0.1, -0.05) is 95.1 Å². The van der Waals surface area contributed by atoms with Crippen LogP contribution in [0.25, 0.3) is 0 Å². The summed E-state index contributed by atoms with van der Waals surface area (Å²) < 4.78 is 17.7. The summed E-state index contributed by atoms with van der Waals surface area (Å²) in [6.07, 6.45) is 15.3. The quantitative estimate of drug-likeness (QED) is 0.0873. The van der Waals surface area contributed by atoms with Gasteiger partial charge < -0.3 is 24.1 Å². The SMILES string of the molecule is CCCCCCCCCCCCCC(=O)O.CCO[Si](CCCSC(N)=S)(OCC)OCC. The molecule has 0 amide bonds. The lowest BCUT2D eigenvalue weighted by atomic mass is 10.1. The first-order chi connectivity index (χ1) is 15.9. The fourth-order valence-corrected chi connectivity index (χ4v) is 7.01. The Bertz CT molecular complexity index is 442. The molecular weight excluding hydrogens is 474 g/mol. The molecule has 0 aromatic rings. The van der Waals surface area contributed by atoms with Gasteiger partial charge in [-0.05, 0) is 33.6 Å². The summed E-state index contributed by atoms with van der Waals surface area (Å²) in [4.78, 5) is 10.3. The average Bonchev–Trinajstić information content (AvgIpc) is 2.76. The molecule has 33 heavy (non-hydrogen) atoms. The van der Waals surface area contributed by atoms with Crippen molar-refractivity contribution < 1.29 is 23.2 Å². The number of hydrogen-bond donors (Lipinski definition) is 2. The van der Waals surface area contributed by atoms with Crippen LogP contribution in [0.4, 0.5) is 0 Å². The molecule has 6 nitrogen and oxygen atoms in total. The van der Waals surface area contributed by atoms with Gasteiger partial charge in [0.25, 0.3) is 0 Å². The number of thiocarbonyl (C=S) groups is 1. The zero-order valence-electron chi connectivity index (χ0n) is 21.7. The highest BCUT2D eigenvalue weighted by Gasteiger charge is 2.39. The second-order valence-corrected chi connectivity index (χ2v) is 12.5. The number of hydrogen-bond acceptors (Lipinski definition) is 6. The lowest BCUT2D eigenvalue weighted by Crippen LogP contribution is -2.46. The third-order valence-corrected chi connectivity index (χ3v) is 9.24. The minimum Gasteiger partial charge on any atom is -0.481 e. The molecule has 9 heteroatoms. The Morgan fingerprint density at radius 3 is 1.58 bits per heavy atom. The smallest absolute Gasteiger partial charge is 0.481 e. The summed E-state index contributed by atoms with van der Waals surface area (Å²) in [5, 5.41) is 8.46. The monoisotopic (exact) mass is 525 g/mol. The molecule has 0 saturated carbocycles. The summed E-state index contributed by atoms with van der Waals surface area (Å²) >= 11 is 6.31. The predicted octanol–water partition coefficient (Wildman–Crippen LogP) is 7.17. The molecule has 3 N–H and O–H groups in total. The van der Waals surface area contributed by atoms with Crippen molar-refractivity contribution in [1.29, 1.82) is 0 Å². The number of nitrogens with two attached hydrogens (primary N) is 1. The Kier molecular flexibility index (Phi) is 28.0. The van der Waals surface area contributed by atoms with Gasteiger partial charge in [0, 0.05) is 38.0 Å². The van der Waals surface area contributed by atoms with Gasteiger partial charge >= 0.3 is 14.8 Å². The fourth-order valence-electron chi connectivity index (χ4n) is 3.40. The van der Waals surface area contributed by atoms with Crippen LogP contribution in [-0.4, -0.2) is 49.8 Å². The molecule has 0 rings (SSSR count). The zero-order chi connectivity index (χ0) is 25.2. The van der Waals surface area contributed by atoms with Crippen LogP contribution < -0.4 is 5.73 Å². The number of carbonyl (C=O) groups is 1. The lowest BCUT2D eigenvalue weighted by molar-refractivity contribution is -0.137. The van der Waals surface area contributed by atoms with Gasteiger partial charge in [0.15, 0.2) is 0 Å². The third-order valence-electron chi connectivity index (χ3n) is 4.96.